The largest absolute Gasteiger partial charge is 0.474 e. The number of halogens is 1. The van der Waals surface area contributed by atoms with Crippen LogP contribution in [0.5, 0.6) is 5.88 Å². The van der Waals surface area contributed by atoms with Gasteiger partial charge in [0.25, 0.3) is 5.91 Å². The van der Waals surface area contributed by atoms with Crippen LogP contribution in [0.2, 0.25) is 5.15 Å². The lowest BCUT2D eigenvalue weighted by Gasteiger charge is -2.28. The van der Waals surface area contributed by atoms with Gasteiger partial charge in [-0.05, 0) is 24.3 Å². The third kappa shape index (κ3) is 2.24. The fourth-order valence-electron chi connectivity index (χ4n) is 1.92. The van der Waals surface area contributed by atoms with E-state index in [4.69, 9.17) is 16.3 Å². The third-order valence-corrected chi connectivity index (χ3v) is 3.04. The van der Waals surface area contributed by atoms with Gasteiger partial charge in [0.2, 0.25) is 5.88 Å². The van der Waals surface area contributed by atoms with E-state index in [-0.39, 0.29) is 5.91 Å². The lowest BCUT2D eigenvalue weighted by atomic mass is 10.2. The summed E-state index contributed by atoms with van der Waals surface area (Å²) >= 11 is 5.72. The molecule has 0 bridgehead atoms. The Balaban J connectivity index is 1.95. The first-order valence-corrected chi connectivity index (χ1v) is 6.15. The van der Waals surface area contributed by atoms with Crippen molar-refractivity contribution in [2.75, 3.05) is 18.1 Å². The molecular weight excluding hydrogens is 266 g/mol. The van der Waals surface area contributed by atoms with Crippen LogP contribution in [0.4, 0.5) is 5.69 Å². The maximum Gasteiger partial charge on any atom is 0.260 e. The summed E-state index contributed by atoms with van der Waals surface area (Å²) in [6.45, 7) is 0.914. The molecule has 2 aromatic rings. The maximum absolute atomic E-state index is 12.4. The normalized spacial score (nSPS) is 13.6. The topological polar surface area (TPSA) is 55.3 Å². The predicted octanol–water partition coefficient (Wildman–Crippen LogP) is 2.17. The smallest absolute Gasteiger partial charge is 0.260 e. The number of ether oxygens (including phenoxy) is 1. The minimum atomic E-state index is -0.137. The molecule has 0 aromatic carbocycles. The number of hydrogen-bond donors (Lipinski definition) is 0. The standard InChI is InChI=1S/C13H10ClN3O2/c14-11-4-3-9(8-16-11)13(18)17-6-7-19-12-10(17)2-1-5-15-12/h1-5,8H,6-7H2. The lowest BCUT2D eigenvalue weighted by molar-refractivity contribution is 0.0975. The number of anilines is 1. The summed E-state index contributed by atoms with van der Waals surface area (Å²) in [6.07, 6.45) is 3.10. The first-order chi connectivity index (χ1) is 9.25. The molecule has 0 spiro atoms. The zero-order chi connectivity index (χ0) is 13.2. The van der Waals surface area contributed by atoms with Crippen LogP contribution >= 0.6 is 11.6 Å². The minimum absolute atomic E-state index is 0.137. The zero-order valence-electron chi connectivity index (χ0n) is 9.91. The Kier molecular flexibility index (Phi) is 3.05. The van der Waals surface area contributed by atoms with Crippen molar-refractivity contribution in [2.45, 2.75) is 0 Å². The molecule has 0 saturated heterocycles. The molecule has 0 saturated carbocycles. The fraction of sp³-hybridized carbons (Fsp3) is 0.154. The van der Waals surface area contributed by atoms with Crippen molar-refractivity contribution in [3.8, 4) is 5.88 Å². The number of amides is 1. The molecule has 2 aromatic heterocycles. The molecule has 0 aliphatic carbocycles. The molecule has 0 radical (unpaired) electrons. The average Bonchev–Trinajstić information content (AvgIpc) is 2.47. The highest BCUT2D eigenvalue weighted by Crippen LogP contribution is 2.29. The molecule has 3 rings (SSSR count). The highest BCUT2D eigenvalue weighted by molar-refractivity contribution is 6.29. The van der Waals surface area contributed by atoms with Crippen molar-refractivity contribution in [1.82, 2.24) is 9.97 Å². The molecule has 19 heavy (non-hydrogen) atoms. The highest BCUT2D eigenvalue weighted by Gasteiger charge is 2.25. The van der Waals surface area contributed by atoms with Crippen molar-refractivity contribution in [1.29, 1.82) is 0 Å². The number of aromatic nitrogens is 2. The number of hydrogen-bond acceptors (Lipinski definition) is 4. The van der Waals surface area contributed by atoms with Crippen LogP contribution in [0.3, 0.4) is 0 Å². The Morgan fingerprint density at radius 2 is 2.21 bits per heavy atom. The summed E-state index contributed by atoms with van der Waals surface area (Å²) < 4.78 is 5.42. The molecule has 6 heteroatoms. The van der Waals surface area contributed by atoms with Crippen molar-refractivity contribution in [3.05, 3.63) is 47.4 Å². The Morgan fingerprint density at radius 3 is 3.00 bits per heavy atom. The summed E-state index contributed by atoms with van der Waals surface area (Å²) in [4.78, 5) is 22.1. The van der Waals surface area contributed by atoms with E-state index in [0.29, 0.717) is 35.4 Å². The second-order valence-electron chi connectivity index (χ2n) is 4.00. The number of pyridine rings is 2. The van der Waals surface area contributed by atoms with E-state index in [1.165, 1.54) is 6.20 Å². The molecule has 0 N–H and O–H groups in total. The summed E-state index contributed by atoms with van der Waals surface area (Å²) in [5.41, 5.74) is 1.16. The Bertz CT molecular complexity index is 616. The van der Waals surface area contributed by atoms with Crippen molar-refractivity contribution in [3.63, 3.8) is 0 Å². The second-order valence-corrected chi connectivity index (χ2v) is 4.39. The predicted molar refractivity (Wildman–Crippen MR) is 70.7 cm³/mol. The maximum atomic E-state index is 12.4. The van der Waals surface area contributed by atoms with Crippen LogP contribution in [0.25, 0.3) is 0 Å². The quantitative estimate of drug-likeness (QED) is 0.749. The van der Waals surface area contributed by atoms with Crippen LogP contribution in [-0.4, -0.2) is 29.0 Å². The molecule has 5 nitrogen and oxygen atoms in total. The number of carbonyl (C=O) groups excluding carboxylic acids is 1. The SMILES string of the molecule is O=C(c1ccc(Cl)nc1)N1CCOc2ncccc21. The van der Waals surface area contributed by atoms with Gasteiger partial charge in [0.1, 0.15) is 17.4 Å². The Morgan fingerprint density at radius 1 is 1.32 bits per heavy atom. The number of carbonyl (C=O) groups is 1. The number of nitrogens with zero attached hydrogens (tertiary/aromatic N) is 3. The van der Waals surface area contributed by atoms with Gasteiger partial charge in [-0.3, -0.25) is 4.79 Å². The molecule has 0 unspecified atom stereocenters. The summed E-state index contributed by atoms with van der Waals surface area (Å²) in [5, 5.41) is 0.362. The van der Waals surface area contributed by atoms with Gasteiger partial charge in [-0.15, -0.1) is 0 Å². The molecule has 0 fully saturated rings. The molecule has 3 heterocycles. The van der Waals surface area contributed by atoms with Gasteiger partial charge in [0.05, 0.1) is 12.1 Å². The molecule has 1 aliphatic heterocycles. The number of fused-ring (bicyclic) bond motifs is 1. The zero-order valence-corrected chi connectivity index (χ0v) is 10.7. The third-order valence-electron chi connectivity index (χ3n) is 2.82. The van der Waals surface area contributed by atoms with Crippen LogP contribution in [-0.2, 0) is 0 Å². The molecule has 1 amide bonds. The van der Waals surface area contributed by atoms with Gasteiger partial charge in [0, 0.05) is 12.4 Å². The van der Waals surface area contributed by atoms with Crippen LogP contribution in [0.1, 0.15) is 10.4 Å². The average molecular weight is 276 g/mol. The minimum Gasteiger partial charge on any atom is -0.474 e. The van der Waals surface area contributed by atoms with Crippen LogP contribution in [0.15, 0.2) is 36.7 Å². The Labute approximate surface area is 114 Å². The first-order valence-electron chi connectivity index (χ1n) is 5.77. The number of rotatable bonds is 1. The van der Waals surface area contributed by atoms with E-state index < -0.39 is 0 Å². The van der Waals surface area contributed by atoms with Crippen LogP contribution in [0, 0.1) is 0 Å². The van der Waals surface area contributed by atoms with Gasteiger partial charge >= 0.3 is 0 Å². The molecule has 1 aliphatic rings. The summed E-state index contributed by atoms with van der Waals surface area (Å²) in [5.74, 6) is 0.339. The monoisotopic (exact) mass is 275 g/mol. The molecule has 96 valence electrons. The van der Waals surface area contributed by atoms with Gasteiger partial charge in [-0.25, -0.2) is 9.97 Å². The fourth-order valence-corrected chi connectivity index (χ4v) is 2.03. The van der Waals surface area contributed by atoms with E-state index >= 15 is 0 Å². The highest BCUT2D eigenvalue weighted by atomic mass is 35.5. The van der Waals surface area contributed by atoms with Crippen molar-refractivity contribution < 1.29 is 9.53 Å². The van der Waals surface area contributed by atoms with Gasteiger partial charge < -0.3 is 9.64 Å². The van der Waals surface area contributed by atoms with E-state index in [1.807, 2.05) is 6.07 Å². The van der Waals surface area contributed by atoms with E-state index in [9.17, 15) is 4.79 Å². The van der Waals surface area contributed by atoms with Crippen molar-refractivity contribution in [2.24, 2.45) is 0 Å². The van der Waals surface area contributed by atoms with E-state index in [1.54, 1.807) is 29.3 Å². The lowest BCUT2D eigenvalue weighted by Crippen LogP contribution is -2.38. The van der Waals surface area contributed by atoms with Gasteiger partial charge in [-0.2, -0.15) is 0 Å². The van der Waals surface area contributed by atoms with Crippen LogP contribution < -0.4 is 9.64 Å². The van der Waals surface area contributed by atoms with E-state index in [2.05, 4.69) is 9.97 Å². The Hall–Kier alpha value is -2.14. The first kappa shape index (κ1) is 11.9. The van der Waals surface area contributed by atoms with Crippen molar-refractivity contribution >= 4 is 23.2 Å². The summed E-state index contributed by atoms with van der Waals surface area (Å²) in [7, 11) is 0. The van der Waals surface area contributed by atoms with Gasteiger partial charge in [-0.1, -0.05) is 11.6 Å². The summed E-state index contributed by atoms with van der Waals surface area (Å²) in [6, 6.07) is 6.83. The van der Waals surface area contributed by atoms with E-state index in [0.717, 1.165) is 0 Å². The molecular formula is C13H10ClN3O2. The molecule has 0 atom stereocenters. The van der Waals surface area contributed by atoms with Gasteiger partial charge in [0.15, 0.2) is 0 Å². The second kappa shape index (κ2) is 4.85.